The number of carbonyl (C=O) groups excluding carboxylic acids is 1. The van der Waals surface area contributed by atoms with Gasteiger partial charge in [-0.15, -0.1) is 0 Å². The lowest BCUT2D eigenvalue weighted by Gasteiger charge is -2.04. The van der Waals surface area contributed by atoms with Crippen molar-refractivity contribution in [2.45, 2.75) is 38.1 Å². The van der Waals surface area contributed by atoms with Crippen LogP contribution in [0.2, 0.25) is 0 Å². The highest BCUT2D eigenvalue weighted by atomic mass is 32.2. The van der Waals surface area contributed by atoms with Gasteiger partial charge >= 0.3 is 0 Å². The first kappa shape index (κ1) is 21.8. The number of hydrogen-bond acceptors (Lipinski definition) is 6. The van der Waals surface area contributed by atoms with Gasteiger partial charge < -0.3 is 4.57 Å². The summed E-state index contributed by atoms with van der Waals surface area (Å²) in [6.07, 6.45) is 0.544. The van der Waals surface area contributed by atoms with Gasteiger partial charge in [0.1, 0.15) is 0 Å². The van der Waals surface area contributed by atoms with Gasteiger partial charge in [0.2, 0.25) is 5.91 Å². The van der Waals surface area contributed by atoms with E-state index < -0.39 is 20.7 Å². The Labute approximate surface area is 177 Å². The van der Waals surface area contributed by atoms with Gasteiger partial charge in [-0.3, -0.25) is 14.9 Å². The second-order valence-electron chi connectivity index (χ2n) is 6.83. The first-order chi connectivity index (χ1) is 14.2. The number of carbonyl (C=O) groups is 1. The monoisotopic (exact) mass is 447 g/mol. The molecule has 0 aliphatic carbocycles. The van der Waals surface area contributed by atoms with Gasteiger partial charge in [-0.25, -0.2) is 8.42 Å². The van der Waals surface area contributed by atoms with E-state index in [-0.39, 0.29) is 22.8 Å². The third-order valence-electron chi connectivity index (χ3n) is 4.51. The molecule has 0 atom stereocenters. The van der Waals surface area contributed by atoms with Crippen LogP contribution in [-0.2, 0) is 21.2 Å². The summed E-state index contributed by atoms with van der Waals surface area (Å²) in [7, 11) is -3.58. The molecule has 3 aromatic rings. The molecule has 158 valence electrons. The number of aromatic nitrogens is 1. The normalized spacial score (nSPS) is 12.4. The third kappa shape index (κ3) is 4.82. The number of fused-ring (bicyclic) bond motifs is 1. The van der Waals surface area contributed by atoms with Crippen molar-refractivity contribution in [1.29, 1.82) is 0 Å². The van der Waals surface area contributed by atoms with Crippen molar-refractivity contribution in [3.8, 4) is 0 Å². The van der Waals surface area contributed by atoms with Crippen LogP contribution in [-0.4, -0.2) is 29.6 Å². The number of rotatable bonds is 7. The summed E-state index contributed by atoms with van der Waals surface area (Å²) in [5.41, 5.74) is 1.67. The SMILES string of the molecule is CCCn1c(=NC(=O)CCS(=O)(=O)c2ccc(C)cc2)sc2cc([N+](=O)[O-])ccc21. The lowest BCUT2D eigenvalue weighted by atomic mass is 10.2. The quantitative estimate of drug-likeness (QED) is 0.406. The van der Waals surface area contributed by atoms with Crippen LogP contribution in [0.1, 0.15) is 25.3 Å². The smallest absolute Gasteiger partial charge is 0.270 e. The zero-order valence-electron chi connectivity index (χ0n) is 16.6. The molecule has 0 aliphatic rings. The van der Waals surface area contributed by atoms with Crippen molar-refractivity contribution in [3.05, 3.63) is 62.9 Å². The molecule has 0 aliphatic heterocycles. The van der Waals surface area contributed by atoms with Gasteiger partial charge in [-0.05, 0) is 31.5 Å². The second-order valence-corrected chi connectivity index (χ2v) is 9.95. The van der Waals surface area contributed by atoms with E-state index in [1.165, 1.54) is 35.6 Å². The number of sulfone groups is 1. The number of hydrogen-bond donors (Lipinski definition) is 0. The summed E-state index contributed by atoms with van der Waals surface area (Å²) in [5.74, 6) is -0.876. The summed E-state index contributed by atoms with van der Waals surface area (Å²) in [6, 6.07) is 11.0. The van der Waals surface area contributed by atoms with E-state index in [0.29, 0.717) is 16.0 Å². The number of nitro groups is 1. The predicted octanol–water partition coefficient (Wildman–Crippen LogP) is 3.62. The van der Waals surface area contributed by atoms with E-state index >= 15 is 0 Å². The van der Waals surface area contributed by atoms with E-state index in [0.717, 1.165) is 17.5 Å². The Morgan fingerprint density at radius 3 is 2.53 bits per heavy atom. The zero-order valence-corrected chi connectivity index (χ0v) is 18.2. The number of aryl methyl sites for hydroxylation is 2. The fourth-order valence-electron chi connectivity index (χ4n) is 2.95. The van der Waals surface area contributed by atoms with Crippen LogP contribution in [0.5, 0.6) is 0 Å². The molecule has 0 spiro atoms. The number of benzene rings is 2. The Hall–Kier alpha value is -2.85. The van der Waals surface area contributed by atoms with Crippen molar-refractivity contribution >= 4 is 43.0 Å². The molecule has 0 unspecified atom stereocenters. The number of amides is 1. The fraction of sp³-hybridized carbons (Fsp3) is 0.300. The van der Waals surface area contributed by atoms with E-state index in [2.05, 4.69) is 4.99 Å². The topological polar surface area (TPSA) is 112 Å². The van der Waals surface area contributed by atoms with Crippen LogP contribution >= 0.6 is 11.3 Å². The molecule has 2 aromatic carbocycles. The number of non-ortho nitro benzene ring substituents is 1. The van der Waals surface area contributed by atoms with Gasteiger partial charge in [0, 0.05) is 25.1 Å². The maximum absolute atomic E-state index is 12.5. The highest BCUT2D eigenvalue weighted by Gasteiger charge is 2.17. The molecule has 1 aromatic heterocycles. The highest BCUT2D eigenvalue weighted by molar-refractivity contribution is 7.91. The maximum Gasteiger partial charge on any atom is 0.270 e. The Kier molecular flexibility index (Phi) is 6.47. The first-order valence-electron chi connectivity index (χ1n) is 9.36. The number of nitrogens with zero attached hydrogens (tertiary/aromatic N) is 3. The average Bonchev–Trinajstić information content (AvgIpc) is 3.03. The minimum absolute atomic E-state index is 0.0329. The molecule has 8 nitrogen and oxygen atoms in total. The van der Waals surface area contributed by atoms with Gasteiger partial charge in [0.05, 0.1) is 25.8 Å². The molecule has 1 heterocycles. The van der Waals surface area contributed by atoms with Crippen molar-refractivity contribution < 1.29 is 18.1 Å². The molecular formula is C20H21N3O5S2. The van der Waals surface area contributed by atoms with Gasteiger partial charge in [-0.1, -0.05) is 36.0 Å². The summed E-state index contributed by atoms with van der Waals surface area (Å²) in [6.45, 7) is 4.43. The Morgan fingerprint density at radius 1 is 1.20 bits per heavy atom. The van der Waals surface area contributed by atoms with E-state index in [1.807, 2.05) is 18.4 Å². The van der Waals surface area contributed by atoms with Crippen molar-refractivity contribution in [3.63, 3.8) is 0 Å². The minimum atomic E-state index is -3.58. The van der Waals surface area contributed by atoms with Crippen LogP contribution < -0.4 is 4.80 Å². The molecule has 0 N–H and O–H groups in total. The van der Waals surface area contributed by atoms with Crippen molar-refractivity contribution in [1.82, 2.24) is 4.57 Å². The summed E-state index contributed by atoms with van der Waals surface area (Å²) in [4.78, 5) is 27.7. The highest BCUT2D eigenvalue weighted by Crippen LogP contribution is 2.23. The first-order valence-corrected chi connectivity index (χ1v) is 11.8. The second kappa shape index (κ2) is 8.88. The zero-order chi connectivity index (χ0) is 21.9. The van der Waals surface area contributed by atoms with E-state index in [4.69, 9.17) is 0 Å². The molecule has 0 saturated carbocycles. The molecule has 1 amide bonds. The van der Waals surface area contributed by atoms with Crippen LogP contribution in [0.4, 0.5) is 5.69 Å². The van der Waals surface area contributed by atoms with E-state index in [1.54, 1.807) is 18.2 Å². The largest absolute Gasteiger partial charge is 0.316 e. The van der Waals surface area contributed by atoms with E-state index in [9.17, 15) is 23.3 Å². The van der Waals surface area contributed by atoms with Crippen molar-refractivity contribution in [2.75, 3.05) is 5.75 Å². The number of thiazole rings is 1. The van der Waals surface area contributed by atoms with Crippen LogP contribution in [0.25, 0.3) is 10.2 Å². The standard InChI is InChI=1S/C20H21N3O5S2/c1-3-11-22-17-9-6-15(23(25)26)13-18(17)29-20(22)21-19(24)10-12-30(27,28)16-7-4-14(2)5-8-16/h4-9,13H,3,10-12H2,1-2H3. The minimum Gasteiger partial charge on any atom is -0.316 e. The van der Waals surface area contributed by atoms with Crippen LogP contribution in [0.3, 0.4) is 0 Å². The lowest BCUT2D eigenvalue weighted by molar-refractivity contribution is -0.384. The molecule has 0 saturated heterocycles. The Morgan fingerprint density at radius 2 is 1.90 bits per heavy atom. The molecule has 30 heavy (non-hydrogen) atoms. The maximum atomic E-state index is 12.5. The number of nitro benzene ring substituents is 1. The van der Waals surface area contributed by atoms with Gasteiger partial charge in [0.15, 0.2) is 14.6 Å². The van der Waals surface area contributed by atoms with Gasteiger partial charge in [0.25, 0.3) is 5.69 Å². The third-order valence-corrected chi connectivity index (χ3v) is 7.28. The molecular weight excluding hydrogens is 426 g/mol. The molecule has 10 heteroatoms. The molecule has 3 rings (SSSR count). The van der Waals surface area contributed by atoms with Crippen LogP contribution in [0.15, 0.2) is 52.4 Å². The predicted molar refractivity (Wildman–Crippen MR) is 115 cm³/mol. The molecule has 0 radical (unpaired) electrons. The molecule has 0 fully saturated rings. The fourth-order valence-corrected chi connectivity index (χ4v) is 5.28. The Bertz CT molecular complexity index is 1270. The average molecular weight is 448 g/mol. The van der Waals surface area contributed by atoms with Crippen molar-refractivity contribution in [2.24, 2.45) is 4.99 Å². The summed E-state index contributed by atoms with van der Waals surface area (Å²) >= 11 is 1.18. The van der Waals surface area contributed by atoms with Crippen LogP contribution in [0, 0.1) is 17.0 Å². The molecule has 0 bridgehead atoms. The Balaban J connectivity index is 1.87. The summed E-state index contributed by atoms with van der Waals surface area (Å²) in [5, 5.41) is 11.0. The summed E-state index contributed by atoms with van der Waals surface area (Å²) < 4.78 is 27.4. The lowest BCUT2D eigenvalue weighted by Crippen LogP contribution is -2.18. The van der Waals surface area contributed by atoms with Gasteiger partial charge in [-0.2, -0.15) is 4.99 Å².